The van der Waals surface area contributed by atoms with Crippen LogP contribution in [-0.2, 0) is 13.7 Å². The van der Waals surface area contributed by atoms with Crippen molar-refractivity contribution >= 4 is 21.7 Å². The number of nitrogens with two attached hydrogens (primary N) is 1. The number of aromatic nitrogens is 2. The molecule has 0 atom stereocenters. The summed E-state index contributed by atoms with van der Waals surface area (Å²) in [5, 5.41) is 4.05. The zero-order chi connectivity index (χ0) is 11.5. The Morgan fingerprint density at radius 2 is 2.31 bits per heavy atom. The summed E-state index contributed by atoms with van der Waals surface area (Å²) >= 11 is 3.39. The first-order valence-electron chi connectivity index (χ1n) is 4.81. The van der Waals surface area contributed by atoms with E-state index in [2.05, 4.69) is 21.0 Å². The van der Waals surface area contributed by atoms with Crippen molar-refractivity contribution in [3.05, 3.63) is 40.5 Å². The van der Waals surface area contributed by atoms with Gasteiger partial charge in [-0.1, -0.05) is 22.0 Å². The Bertz CT molecular complexity index is 496. The van der Waals surface area contributed by atoms with Crippen LogP contribution in [0.15, 0.2) is 34.9 Å². The van der Waals surface area contributed by atoms with Crippen molar-refractivity contribution in [3.8, 4) is 5.75 Å². The average molecular weight is 282 g/mol. The molecule has 0 aliphatic heterocycles. The highest BCUT2D eigenvalue weighted by Crippen LogP contribution is 2.19. The number of ether oxygens (including phenoxy) is 1. The summed E-state index contributed by atoms with van der Waals surface area (Å²) in [6, 6.07) is 7.68. The van der Waals surface area contributed by atoms with Gasteiger partial charge in [-0.25, -0.2) is 0 Å². The smallest absolute Gasteiger partial charge is 0.127 e. The van der Waals surface area contributed by atoms with Crippen molar-refractivity contribution in [2.24, 2.45) is 7.05 Å². The molecule has 0 aliphatic carbocycles. The predicted octanol–water partition coefficient (Wildman–Crippen LogP) is 2.34. The van der Waals surface area contributed by atoms with Gasteiger partial charge in [0.15, 0.2) is 0 Å². The molecule has 0 amide bonds. The molecule has 1 heterocycles. The molecule has 84 valence electrons. The van der Waals surface area contributed by atoms with E-state index in [4.69, 9.17) is 10.5 Å². The summed E-state index contributed by atoms with van der Waals surface area (Å²) in [5.74, 6) is 1.44. The van der Waals surface area contributed by atoms with Crippen molar-refractivity contribution in [1.82, 2.24) is 9.78 Å². The van der Waals surface area contributed by atoms with E-state index in [-0.39, 0.29) is 0 Å². The van der Waals surface area contributed by atoms with Crippen molar-refractivity contribution in [2.75, 3.05) is 5.73 Å². The van der Waals surface area contributed by atoms with Crippen LogP contribution in [0, 0.1) is 0 Å². The minimum atomic E-state index is 0.427. The van der Waals surface area contributed by atoms with Crippen LogP contribution in [0.3, 0.4) is 0 Å². The molecule has 0 radical (unpaired) electrons. The van der Waals surface area contributed by atoms with E-state index in [0.29, 0.717) is 12.4 Å². The molecule has 0 aliphatic rings. The second kappa shape index (κ2) is 4.57. The molecular formula is C11H12BrN3O. The standard InChI is InChI=1S/C11H12BrN3O/c1-15-11(13)8(6-14-15)7-16-10-4-2-3-9(12)5-10/h2-6H,7,13H2,1H3. The van der Waals surface area contributed by atoms with Crippen molar-refractivity contribution in [3.63, 3.8) is 0 Å². The number of rotatable bonds is 3. The molecule has 0 bridgehead atoms. The fourth-order valence-corrected chi connectivity index (χ4v) is 1.70. The van der Waals surface area contributed by atoms with Gasteiger partial charge >= 0.3 is 0 Å². The van der Waals surface area contributed by atoms with Gasteiger partial charge in [-0.2, -0.15) is 5.10 Å². The number of hydrogen-bond donors (Lipinski definition) is 1. The maximum atomic E-state index is 5.81. The summed E-state index contributed by atoms with van der Waals surface area (Å²) < 4.78 is 8.22. The lowest BCUT2D eigenvalue weighted by Gasteiger charge is -2.05. The van der Waals surface area contributed by atoms with Crippen LogP contribution in [0.1, 0.15) is 5.56 Å². The highest BCUT2D eigenvalue weighted by molar-refractivity contribution is 9.10. The first-order chi connectivity index (χ1) is 7.66. The van der Waals surface area contributed by atoms with Gasteiger partial charge in [-0.3, -0.25) is 4.68 Å². The third-order valence-electron chi connectivity index (χ3n) is 2.25. The summed E-state index contributed by atoms with van der Waals surface area (Å²) in [6.45, 7) is 0.427. The largest absolute Gasteiger partial charge is 0.489 e. The number of nitrogen functional groups attached to an aromatic ring is 1. The monoisotopic (exact) mass is 281 g/mol. The van der Waals surface area contributed by atoms with Gasteiger partial charge in [-0.05, 0) is 18.2 Å². The first-order valence-corrected chi connectivity index (χ1v) is 5.61. The van der Waals surface area contributed by atoms with Gasteiger partial charge in [0.05, 0.1) is 11.8 Å². The predicted molar refractivity (Wildman–Crippen MR) is 66.1 cm³/mol. The number of halogens is 1. The van der Waals surface area contributed by atoms with Crippen LogP contribution in [0.4, 0.5) is 5.82 Å². The van der Waals surface area contributed by atoms with Crippen molar-refractivity contribution in [2.45, 2.75) is 6.61 Å². The van der Waals surface area contributed by atoms with E-state index in [1.165, 1.54) is 0 Å². The molecule has 2 N–H and O–H groups in total. The maximum Gasteiger partial charge on any atom is 0.127 e. The van der Waals surface area contributed by atoms with Crippen molar-refractivity contribution < 1.29 is 4.74 Å². The third kappa shape index (κ3) is 2.36. The van der Waals surface area contributed by atoms with E-state index < -0.39 is 0 Å². The number of benzene rings is 1. The average Bonchev–Trinajstić information content (AvgIpc) is 2.57. The van der Waals surface area contributed by atoms with Gasteiger partial charge in [-0.15, -0.1) is 0 Å². The van der Waals surface area contributed by atoms with E-state index in [1.807, 2.05) is 24.3 Å². The van der Waals surface area contributed by atoms with Crippen LogP contribution in [0.5, 0.6) is 5.75 Å². The number of hydrogen-bond acceptors (Lipinski definition) is 3. The van der Waals surface area contributed by atoms with Crippen LogP contribution in [0.2, 0.25) is 0 Å². The first kappa shape index (κ1) is 11.0. The maximum absolute atomic E-state index is 5.81. The highest BCUT2D eigenvalue weighted by Gasteiger charge is 2.05. The van der Waals surface area contributed by atoms with Gasteiger partial charge in [0, 0.05) is 11.5 Å². The lowest BCUT2D eigenvalue weighted by molar-refractivity contribution is 0.306. The summed E-state index contributed by atoms with van der Waals surface area (Å²) in [5.41, 5.74) is 6.70. The topological polar surface area (TPSA) is 53.1 Å². The Labute approximate surface area is 102 Å². The molecule has 1 aromatic carbocycles. The number of anilines is 1. The zero-order valence-electron chi connectivity index (χ0n) is 8.85. The van der Waals surface area contributed by atoms with Gasteiger partial charge in [0.2, 0.25) is 0 Å². The number of nitrogens with zero attached hydrogens (tertiary/aromatic N) is 2. The molecule has 0 saturated carbocycles. The molecule has 0 fully saturated rings. The lowest BCUT2D eigenvalue weighted by Crippen LogP contribution is -2.02. The van der Waals surface area contributed by atoms with E-state index in [0.717, 1.165) is 15.8 Å². The van der Waals surface area contributed by atoms with Gasteiger partial charge in [0.25, 0.3) is 0 Å². The SMILES string of the molecule is Cn1ncc(COc2cccc(Br)c2)c1N. The summed E-state index contributed by atoms with van der Waals surface area (Å²) in [7, 11) is 1.80. The minimum Gasteiger partial charge on any atom is -0.489 e. The van der Waals surface area contributed by atoms with Crippen LogP contribution in [-0.4, -0.2) is 9.78 Å². The Morgan fingerprint density at radius 1 is 1.50 bits per heavy atom. The molecule has 5 heteroatoms. The summed E-state index contributed by atoms with van der Waals surface area (Å²) in [4.78, 5) is 0. The second-order valence-corrected chi connectivity index (χ2v) is 4.34. The molecule has 1 aromatic heterocycles. The molecular weight excluding hydrogens is 270 g/mol. The molecule has 16 heavy (non-hydrogen) atoms. The molecule has 4 nitrogen and oxygen atoms in total. The lowest BCUT2D eigenvalue weighted by atomic mass is 10.3. The Balaban J connectivity index is 2.05. The molecule has 0 unspecified atom stereocenters. The fourth-order valence-electron chi connectivity index (χ4n) is 1.32. The Morgan fingerprint density at radius 3 is 2.94 bits per heavy atom. The van der Waals surface area contributed by atoms with Gasteiger partial charge in [0.1, 0.15) is 18.2 Å². The van der Waals surface area contributed by atoms with Crippen LogP contribution >= 0.6 is 15.9 Å². The molecule has 2 rings (SSSR count). The van der Waals surface area contributed by atoms with Crippen LogP contribution < -0.4 is 10.5 Å². The van der Waals surface area contributed by atoms with E-state index >= 15 is 0 Å². The Hall–Kier alpha value is -1.49. The molecule has 2 aromatic rings. The second-order valence-electron chi connectivity index (χ2n) is 3.42. The van der Waals surface area contributed by atoms with E-state index in [9.17, 15) is 0 Å². The normalized spacial score (nSPS) is 10.4. The quantitative estimate of drug-likeness (QED) is 0.940. The van der Waals surface area contributed by atoms with E-state index in [1.54, 1.807) is 17.9 Å². The van der Waals surface area contributed by atoms with Gasteiger partial charge < -0.3 is 10.5 Å². The third-order valence-corrected chi connectivity index (χ3v) is 2.75. The zero-order valence-corrected chi connectivity index (χ0v) is 10.4. The molecule has 0 spiro atoms. The minimum absolute atomic E-state index is 0.427. The molecule has 0 saturated heterocycles. The Kier molecular flexibility index (Phi) is 3.14. The number of aryl methyl sites for hydroxylation is 1. The fraction of sp³-hybridized carbons (Fsp3) is 0.182. The summed E-state index contributed by atoms with van der Waals surface area (Å²) in [6.07, 6.45) is 1.72. The van der Waals surface area contributed by atoms with Crippen molar-refractivity contribution in [1.29, 1.82) is 0 Å². The highest BCUT2D eigenvalue weighted by atomic mass is 79.9. The van der Waals surface area contributed by atoms with Crippen LogP contribution in [0.25, 0.3) is 0 Å².